The van der Waals surface area contributed by atoms with E-state index < -0.39 is 0 Å². The Morgan fingerprint density at radius 3 is 2.30 bits per heavy atom. The molecule has 0 aliphatic heterocycles. The molecule has 0 aliphatic rings. The number of rotatable bonds is 7. The van der Waals surface area contributed by atoms with Crippen LogP contribution in [0.4, 0.5) is 0 Å². The van der Waals surface area contributed by atoms with E-state index in [0.29, 0.717) is 5.92 Å². The second-order valence-electron chi connectivity index (χ2n) is 5.75. The Morgan fingerprint density at radius 2 is 1.65 bits per heavy atom. The maximum absolute atomic E-state index is 3.54. The first-order valence-corrected chi connectivity index (χ1v) is 7.62. The van der Waals surface area contributed by atoms with E-state index in [9.17, 15) is 0 Å². The van der Waals surface area contributed by atoms with Crippen LogP contribution in [0.15, 0.2) is 42.5 Å². The quantitative estimate of drug-likeness (QED) is 0.805. The third-order valence-corrected chi connectivity index (χ3v) is 3.57. The zero-order valence-electron chi connectivity index (χ0n) is 12.9. The molecule has 0 saturated heterocycles. The second kappa shape index (κ2) is 7.30. The molecule has 20 heavy (non-hydrogen) atoms. The molecule has 0 bridgehead atoms. The van der Waals surface area contributed by atoms with Crippen LogP contribution in [0.1, 0.15) is 37.7 Å². The van der Waals surface area contributed by atoms with Gasteiger partial charge in [-0.05, 0) is 37.0 Å². The third-order valence-electron chi connectivity index (χ3n) is 3.57. The Bertz CT molecular complexity index is 511. The Kier molecular flexibility index (Phi) is 5.42. The van der Waals surface area contributed by atoms with Crippen molar-refractivity contribution in [2.45, 2.75) is 46.8 Å². The lowest BCUT2D eigenvalue weighted by atomic mass is 10.1. The maximum atomic E-state index is 3.54. The predicted octanol–water partition coefficient (Wildman–Crippen LogP) is 4.00. The molecule has 108 valence electrons. The van der Waals surface area contributed by atoms with E-state index in [1.165, 1.54) is 17.0 Å². The molecule has 0 atom stereocenters. The van der Waals surface area contributed by atoms with Crippen molar-refractivity contribution in [2.75, 3.05) is 0 Å². The number of benzene rings is 1. The Hall–Kier alpha value is -1.54. The van der Waals surface area contributed by atoms with Gasteiger partial charge in [0.2, 0.25) is 0 Å². The fourth-order valence-corrected chi connectivity index (χ4v) is 2.64. The average molecular weight is 270 g/mol. The molecule has 1 heterocycles. The lowest BCUT2D eigenvalue weighted by molar-refractivity contribution is 0.571. The molecule has 2 nitrogen and oxygen atoms in total. The molecule has 2 heteroatoms. The molecule has 0 aliphatic carbocycles. The molecule has 2 aromatic rings. The molecule has 2 rings (SSSR count). The minimum Gasteiger partial charge on any atom is -0.348 e. The molecule has 0 amide bonds. The Labute approximate surface area is 122 Å². The number of hydrogen-bond acceptors (Lipinski definition) is 1. The minimum atomic E-state index is 0.709. The van der Waals surface area contributed by atoms with Gasteiger partial charge in [0.1, 0.15) is 0 Å². The summed E-state index contributed by atoms with van der Waals surface area (Å²) in [5, 5.41) is 3.54. The number of aromatic nitrogens is 1. The standard InChI is InChI=1S/C18H26N2/c1-4-20-17(12-15(2)3)10-11-18(20)14-19-13-16-8-6-5-7-9-16/h5-11,15,19H,4,12-14H2,1-3H3. The van der Waals surface area contributed by atoms with E-state index in [2.05, 4.69) is 73.1 Å². The van der Waals surface area contributed by atoms with E-state index in [0.717, 1.165) is 26.1 Å². The van der Waals surface area contributed by atoms with Gasteiger partial charge in [0.15, 0.2) is 0 Å². The van der Waals surface area contributed by atoms with Crippen molar-refractivity contribution < 1.29 is 0 Å². The van der Waals surface area contributed by atoms with Gasteiger partial charge in [0, 0.05) is 31.0 Å². The average Bonchev–Trinajstić information content (AvgIpc) is 2.81. The highest BCUT2D eigenvalue weighted by molar-refractivity contribution is 5.18. The van der Waals surface area contributed by atoms with Crippen molar-refractivity contribution in [1.82, 2.24) is 9.88 Å². The van der Waals surface area contributed by atoms with Gasteiger partial charge in [-0.15, -0.1) is 0 Å². The van der Waals surface area contributed by atoms with Crippen molar-refractivity contribution in [2.24, 2.45) is 5.92 Å². The zero-order valence-corrected chi connectivity index (χ0v) is 12.9. The fraction of sp³-hybridized carbons (Fsp3) is 0.444. The number of hydrogen-bond donors (Lipinski definition) is 1. The van der Waals surface area contributed by atoms with Crippen LogP contribution >= 0.6 is 0 Å². The molecule has 0 spiro atoms. The van der Waals surface area contributed by atoms with Crippen LogP contribution in [-0.4, -0.2) is 4.57 Å². The van der Waals surface area contributed by atoms with E-state index in [4.69, 9.17) is 0 Å². The summed E-state index contributed by atoms with van der Waals surface area (Å²) in [4.78, 5) is 0. The molecular weight excluding hydrogens is 244 g/mol. The summed E-state index contributed by atoms with van der Waals surface area (Å²) in [6.07, 6.45) is 1.16. The van der Waals surface area contributed by atoms with Gasteiger partial charge in [-0.2, -0.15) is 0 Å². The van der Waals surface area contributed by atoms with Gasteiger partial charge in [0.05, 0.1) is 0 Å². The fourth-order valence-electron chi connectivity index (χ4n) is 2.64. The molecular formula is C18H26N2. The van der Waals surface area contributed by atoms with Crippen molar-refractivity contribution in [3.8, 4) is 0 Å². The van der Waals surface area contributed by atoms with Crippen LogP contribution < -0.4 is 5.32 Å². The Morgan fingerprint density at radius 1 is 0.950 bits per heavy atom. The smallest absolute Gasteiger partial charge is 0.0362 e. The highest BCUT2D eigenvalue weighted by Crippen LogP contribution is 2.14. The highest BCUT2D eigenvalue weighted by atomic mass is 15.0. The summed E-state index contributed by atoms with van der Waals surface area (Å²) in [7, 11) is 0. The van der Waals surface area contributed by atoms with Gasteiger partial charge < -0.3 is 9.88 Å². The topological polar surface area (TPSA) is 17.0 Å². The van der Waals surface area contributed by atoms with Gasteiger partial charge in [-0.3, -0.25) is 0 Å². The summed E-state index contributed by atoms with van der Waals surface area (Å²) >= 11 is 0. The van der Waals surface area contributed by atoms with E-state index in [-0.39, 0.29) is 0 Å². The summed E-state index contributed by atoms with van der Waals surface area (Å²) in [5.74, 6) is 0.709. The summed E-state index contributed by atoms with van der Waals surface area (Å²) in [6.45, 7) is 9.69. The van der Waals surface area contributed by atoms with Crippen LogP contribution in [-0.2, 0) is 26.1 Å². The molecule has 1 N–H and O–H groups in total. The first kappa shape index (κ1) is 14.9. The SMILES string of the molecule is CCn1c(CNCc2ccccc2)ccc1CC(C)C. The van der Waals surface area contributed by atoms with E-state index in [1.54, 1.807) is 0 Å². The van der Waals surface area contributed by atoms with E-state index in [1.807, 2.05) is 0 Å². The zero-order chi connectivity index (χ0) is 14.4. The van der Waals surface area contributed by atoms with Crippen molar-refractivity contribution in [3.63, 3.8) is 0 Å². The lowest BCUT2D eigenvalue weighted by Crippen LogP contribution is -2.16. The normalized spacial score (nSPS) is 11.2. The van der Waals surface area contributed by atoms with Crippen LogP contribution in [0.25, 0.3) is 0 Å². The number of nitrogens with one attached hydrogen (secondary N) is 1. The molecule has 1 aromatic heterocycles. The predicted molar refractivity (Wildman–Crippen MR) is 85.6 cm³/mol. The van der Waals surface area contributed by atoms with Gasteiger partial charge in [-0.1, -0.05) is 44.2 Å². The van der Waals surface area contributed by atoms with Gasteiger partial charge in [0.25, 0.3) is 0 Å². The number of nitrogens with zero attached hydrogens (tertiary/aromatic N) is 1. The summed E-state index contributed by atoms with van der Waals surface area (Å²) in [6, 6.07) is 15.1. The molecule has 0 saturated carbocycles. The maximum Gasteiger partial charge on any atom is 0.0362 e. The Balaban J connectivity index is 1.94. The van der Waals surface area contributed by atoms with Gasteiger partial charge in [-0.25, -0.2) is 0 Å². The monoisotopic (exact) mass is 270 g/mol. The first-order valence-electron chi connectivity index (χ1n) is 7.62. The molecule has 1 aromatic carbocycles. The lowest BCUT2D eigenvalue weighted by Gasteiger charge is -2.13. The van der Waals surface area contributed by atoms with Crippen molar-refractivity contribution in [1.29, 1.82) is 0 Å². The summed E-state index contributed by atoms with van der Waals surface area (Å²) < 4.78 is 2.44. The van der Waals surface area contributed by atoms with Crippen LogP contribution in [0, 0.1) is 5.92 Å². The molecule has 0 unspecified atom stereocenters. The second-order valence-corrected chi connectivity index (χ2v) is 5.75. The van der Waals surface area contributed by atoms with Crippen LogP contribution in [0.2, 0.25) is 0 Å². The highest BCUT2D eigenvalue weighted by Gasteiger charge is 2.08. The minimum absolute atomic E-state index is 0.709. The van der Waals surface area contributed by atoms with E-state index >= 15 is 0 Å². The van der Waals surface area contributed by atoms with Gasteiger partial charge >= 0.3 is 0 Å². The molecule has 0 radical (unpaired) electrons. The molecule has 0 fully saturated rings. The van der Waals surface area contributed by atoms with Crippen LogP contribution in [0.5, 0.6) is 0 Å². The van der Waals surface area contributed by atoms with Crippen molar-refractivity contribution in [3.05, 3.63) is 59.4 Å². The van der Waals surface area contributed by atoms with Crippen molar-refractivity contribution >= 4 is 0 Å². The third kappa shape index (κ3) is 3.97. The summed E-state index contributed by atoms with van der Waals surface area (Å²) in [5.41, 5.74) is 4.18. The largest absolute Gasteiger partial charge is 0.348 e. The van der Waals surface area contributed by atoms with Crippen LogP contribution in [0.3, 0.4) is 0 Å². The first-order chi connectivity index (χ1) is 9.70.